The molecule has 0 radical (unpaired) electrons. The topological polar surface area (TPSA) is 161 Å². The molecule has 56 heavy (non-hydrogen) atoms. The molecule has 3 saturated heterocycles. The summed E-state index contributed by atoms with van der Waals surface area (Å²) < 4.78 is 0. The Bertz CT molecular complexity index is 2310. The van der Waals surface area contributed by atoms with E-state index in [1.807, 2.05) is 37.5 Å². The third kappa shape index (κ3) is 7.05. The van der Waals surface area contributed by atoms with E-state index in [1.165, 1.54) is 41.5 Å². The van der Waals surface area contributed by atoms with E-state index in [4.69, 9.17) is 0 Å². The van der Waals surface area contributed by atoms with Gasteiger partial charge in [0.25, 0.3) is 11.8 Å². The van der Waals surface area contributed by atoms with E-state index < -0.39 is 29.7 Å². The van der Waals surface area contributed by atoms with Gasteiger partial charge >= 0.3 is 0 Å². The summed E-state index contributed by atoms with van der Waals surface area (Å²) in [6.07, 6.45) is 8.98. The van der Waals surface area contributed by atoms with Crippen molar-refractivity contribution in [2.45, 2.75) is 56.5 Å². The summed E-state index contributed by atoms with van der Waals surface area (Å²) in [7, 11) is 4.09. The number of nitrogens with zero attached hydrogens (tertiary/aromatic N) is 5. The van der Waals surface area contributed by atoms with Crippen LogP contribution in [0, 0.1) is 0 Å². The van der Waals surface area contributed by atoms with Crippen molar-refractivity contribution in [3.63, 3.8) is 0 Å². The molecule has 3 N–H and O–H groups in total. The normalized spacial score (nSPS) is 20.2. The molecule has 13 heteroatoms. The summed E-state index contributed by atoms with van der Waals surface area (Å²) in [5.41, 5.74) is 6.28. The van der Waals surface area contributed by atoms with Crippen LogP contribution in [0.5, 0.6) is 0 Å². The second-order valence-corrected chi connectivity index (χ2v) is 14.9. The molecule has 2 unspecified atom stereocenters. The fourth-order valence-corrected chi connectivity index (χ4v) is 8.45. The van der Waals surface area contributed by atoms with Crippen molar-refractivity contribution in [1.82, 2.24) is 30.1 Å². The van der Waals surface area contributed by atoms with Crippen LogP contribution in [0.25, 0.3) is 22.0 Å². The lowest BCUT2D eigenvalue weighted by Gasteiger charge is -2.33. The van der Waals surface area contributed by atoms with Crippen LogP contribution in [0.4, 0.5) is 11.6 Å². The number of aromatic nitrogens is 3. The molecule has 0 spiro atoms. The molecule has 4 aliphatic heterocycles. The van der Waals surface area contributed by atoms with Crippen LogP contribution in [0.15, 0.2) is 79.1 Å². The summed E-state index contributed by atoms with van der Waals surface area (Å²) in [5.74, 6) is 0.132. The molecule has 4 aliphatic rings. The van der Waals surface area contributed by atoms with Crippen molar-refractivity contribution in [3.05, 3.63) is 107 Å². The van der Waals surface area contributed by atoms with Crippen molar-refractivity contribution in [3.8, 4) is 11.1 Å². The first-order valence-electron chi connectivity index (χ1n) is 19.2. The standard InChI is InChI=1S/C30H26N4O5.C13H18N4/c35-17-18-4-10-25(31-16-18)33-14-12-20(13-15-33)19-5-7-21(8-6-19)22-2-1-3-23-27(22)30(39)34(29(23)38)24-9-11-26(36)32-28(24)37;1-14-13-7-10-9(8-15-13)6-11(16-10)12-4-3-5-17(12)2/h1-8,10,16-17,20,24H,9,11-15H2,(H,32,36,37);6-8,12,16H,3-5H2,1-2H3,(H,14,15). The minimum absolute atomic E-state index is 0.0834. The van der Waals surface area contributed by atoms with Crippen LogP contribution in [0.2, 0.25) is 0 Å². The first-order valence-corrected chi connectivity index (χ1v) is 19.2. The van der Waals surface area contributed by atoms with E-state index in [2.05, 4.69) is 66.7 Å². The van der Waals surface area contributed by atoms with Gasteiger partial charge in [-0.1, -0.05) is 36.4 Å². The number of likely N-dealkylation sites (tertiary alicyclic amines) is 1. The molecule has 2 atom stereocenters. The Hall–Kier alpha value is -6.21. The van der Waals surface area contributed by atoms with E-state index in [1.54, 1.807) is 24.4 Å². The third-order valence-electron chi connectivity index (χ3n) is 11.5. The molecule has 9 rings (SSSR count). The number of H-pyrrole nitrogens is 1. The molecular formula is C43H44N8O5. The molecule has 3 fully saturated rings. The van der Waals surface area contributed by atoms with Gasteiger partial charge in [-0.2, -0.15) is 0 Å². The Morgan fingerprint density at radius 1 is 0.821 bits per heavy atom. The van der Waals surface area contributed by atoms with E-state index in [0.29, 0.717) is 28.7 Å². The number of rotatable bonds is 7. The number of anilines is 2. The maximum absolute atomic E-state index is 13.4. The second-order valence-electron chi connectivity index (χ2n) is 14.9. The molecule has 5 aromatic rings. The Labute approximate surface area is 324 Å². The van der Waals surface area contributed by atoms with Gasteiger partial charge in [-0.15, -0.1) is 0 Å². The maximum atomic E-state index is 13.4. The lowest BCUT2D eigenvalue weighted by Crippen LogP contribution is -2.54. The Kier molecular flexibility index (Phi) is 10.2. The van der Waals surface area contributed by atoms with Gasteiger partial charge in [-0.25, -0.2) is 9.97 Å². The first-order chi connectivity index (χ1) is 27.2. The fraction of sp³-hybridized carbons (Fsp3) is 0.326. The van der Waals surface area contributed by atoms with Crippen molar-refractivity contribution in [2.24, 2.45) is 0 Å². The zero-order chi connectivity index (χ0) is 38.9. The molecule has 0 bridgehead atoms. The van der Waals surface area contributed by atoms with Gasteiger partial charge in [-0.05, 0) is 92.6 Å². The molecule has 7 heterocycles. The fourth-order valence-electron chi connectivity index (χ4n) is 8.45. The van der Waals surface area contributed by atoms with Gasteiger partial charge in [0.05, 0.1) is 16.6 Å². The molecule has 3 aromatic heterocycles. The van der Waals surface area contributed by atoms with Crippen molar-refractivity contribution in [1.29, 1.82) is 0 Å². The number of amides is 4. The number of piperidine rings is 2. The van der Waals surface area contributed by atoms with Gasteiger partial charge in [-0.3, -0.25) is 39.1 Å². The number of hydrogen-bond acceptors (Lipinski definition) is 10. The Morgan fingerprint density at radius 2 is 1.61 bits per heavy atom. The highest BCUT2D eigenvalue weighted by Gasteiger charge is 2.45. The van der Waals surface area contributed by atoms with Gasteiger partial charge in [0.2, 0.25) is 11.8 Å². The lowest BCUT2D eigenvalue weighted by molar-refractivity contribution is -0.136. The average molecular weight is 753 g/mol. The number of fused-ring (bicyclic) bond motifs is 2. The number of pyridine rings is 2. The van der Waals surface area contributed by atoms with Crippen LogP contribution in [0.3, 0.4) is 0 Å². The summed E-state index contributed by atoms with van der Waals surface area (Å²) >= 11 is 0. The van der Waals surface area contributed by atoms with E-state index in [0.717, 1.165) is 54.3 Å². The van der Waals surface area contributed by atoms with Gasteiger partial charge in [0, 0.05) is 67.7 Å². The van der Waals surface area contributed by atoms with Crippen molar-refractivity contribution < 1.29 is 24.0 Å². The van der Waals surface area contributed by atoms with Gasteiger partial charge in [0.15, 0.2) is 6.29 Å². The highest BCUT2D eigenvalue weighted by molar-refractivity contribution is 6.25. The molecular weight excluding hydrogens is 709 g/mol. The number of carbonyl (C=O) groups is 5. The molecule has 0 saturated carbocycles. The third-order valence-corrected chi connectivity index (χ3v) is 11.5. The number of aldehydes is 1. The van der Waals surface area contributed by atoms with Crippen LogP contribution in [-0.2, 0) is 9.59 Å². The summed E-state index contributed by atoms with van der Waals surface area (Å²) in [6.45, 7) is 2.91. The van der Waals surface area contributed by atoms with Crippen LogP contribution in [0.1, 0.15) is 92.8 Å². The Morgan fingerprint density at radius 3 is 2.29 bits per heavy atom. The smallest absolute Gasteiger partial charge is 0.262 e. The van der Waals surface area contributed by atoms with Gasteiger partial charge < -0.3 is 15.2 Å². The Balaban J connectivity index is 0.000000215. The minimum Gasteiger partial charge on any atom is -0.373 e. The highest BCUT2D eigenvalue weighted by atomic mass is 16.2. The van der Waals surface area contributed by atoms with Crippen molar-refractivity contribution in [2.75, 3.05) is 43.9 Å². The van der Waals surface area contributed by atoms with Gasteiger partial charge in [0.1, 0.15) is 17.7 Å². The molecule has 13 nitrogen and oxygen atoms in total. The van der Waals surface area contributed by atoms with Crippen LogP contribution >= 0.6 is 0 Å². The highest BCUT2D eigenvalue weighted by Crippen LogP contribution is 2.37. The SMILES string of the molecule is CNc1cc2[nH]c(C3CCCN3C)cc2cn1.O=Cc1ccc(N2CCC(c3ccc(-c4cccc5c4C(=O)N(C4CCC(=O)NC4=O)C5=O)cc3)CC2)nc1. The number of carbonyl (C=O) groups excluding carboxylic acids is 5. The summed E-state index contributed by atoms with van der Waals surface area (Å²) in [4.78, 5) is 79.3. The average Bonchev–Trinajstić information content (AvgIpc) is 3.93. The van der Waals surface area contributed by atoms with Crippen LogP contribution < -0.4 is 15.5 Å². The van der Waals surface area contributed by atoms with E-state index in [-0.39, 0.29) is 18.4 Å². The van der Waals surface area contributed by atoms with Crippen molar-refractivity contribution >= 4 is 52.5 Å². The first kappa shape index (κ1) is 36.8. The molecule has 0 aliphatic carbocycles. The largest absolute Gasteiger partial charge is 0.373 e. The van der Waals surface area contributed by atoms with Crippen LogP contribution in [-0.4, -0.2) is 94.4 Å². The number of aromatic amines is 1. The number of hydrogen-bond donors (Lipinski definition) is 3. The molecule has 4 amide bonds. The molecule has 286 valence electrons. The number of nitrogens with one attached hydrogen (secondary N) is 3. The zero-order valence-electron chi connectivity index (χ0n) is 31.5. The predicted octanol–water partition coefficient (Wildman–Crippen LogP) is 5.72. The maximum Gasteiger partial charge on any atom is 0.262 e. The zero-order valence-corrected chi connectivity index (χ0v) is 31.5. The number of benzene rings is 2. The quantitative estimate of drug-likeness (QED) is 0.139. The monoisotopic (exact) mass is 752 g/mol. The second kappa shape index (κ2) is 15.5. The van der Waals surface area contributed by atoms with E-state index in [9.17, 15) is 24.0 Å². The summed E-state index contributed by atoms with van der Waals surface area (Å²) in [6, 6.07) is 20.8. The summed E-state index contributed by atoms with van der Waals surface area (Å²) in [5, 5.41) is 6.49. The molecule has 2 aromatic carbocycles. The predicted molar refractivity (Wildman–Crippen MR) is 213 cm³/mol. The van der Waals surface area contributed by atoms with E-state index >= 15 is 0 Å². The minimum atomic E-state index is -0.991. The lowest BCUT2D eigenvalue weighted by atomic mass is 9.88. The number of imide groups is 2.